The molecule has 2 heterocycles. The van der Waals surface area contributed by atoms with E-state index in [9.17, 15) is 4.79 Å². The number of nitrogens with zero attached hydrogens (tertiary/aromatic N) is 4. The van der Waals surface area contributed by atoms with Crippen LogP contribution in [0.1, 0.15) is 24.7 Å². The van der Waals surface area contributed by atoms with E-state index in [0.29, 0.717) is 22.6 Å². The molecule has 1 atom stereocenters. The van der Waals surface area contributed by atoms with E-state index >= 15 is 0 Å². The van der Waals surface area contributed by atoms with Gasteiger partial charge in [-0.15, -0.1) is 10.2 Å². The molecular weight excluding hydrogens is 406 g/mol. The molecule has 9 heteroatoms. The first-order chi connectivity index (χ1) is 14.1. The Kier molecular flexibility index (Phi) is 7.27. The number of carbonyl (C=O) groups excluding carboxylic acids is 1. The molecule has 3 rings (SSSR count). The molecule has 7 nitrogen and oxygen atoms in total. The molecule has 150 valence electrons. The number of rotatable bonds is 9. The fourth-order valence-corrected chi connectivity index (χ4v) is 4.53. The van der Waals surface area contributed by atoms with Crippen LogP contribution in [0.5, 0.6) is 0 Å². The van der Waals surface area contributed by atoms with E-state index in [1.807, 2.05) is 50.2 Å². The Morgan fingerprint density at radius 2 is 2.14 bits per heavy atom. The molecule has 0 bridgehead atoms. The summed E-state index contributed by atoms with van der Waals surface area (Å²) in [5.41, 5.74) is 1.91. The Hall–Kier alpha value is -2.83. The van der Waals surface area contributed by atoms with Crippen molar-refractivity contribution in [3.8, 4) is 6.07 Å². The van der Waals surface area contributed by atoms with Gasteiger partial charge in [0.25, 0.3) is 0 Å². The van der Waals surface area contributed by atoms with Gasteiger partial charge in [0.15, 0.2) is 4.34 Å². The van der Waals surface area contributed by atoms with Crippen LogP contribution in [0.25, 0.3) is 0 Å². The van der Waals surface area contributed by atoms with E-state index in [4.69, 9.17) is 9.68 Å². The van der Waals surface area contributed by atoms with E-state index in [0.717, 1.165) is 17.0 Å². The number of nitriles is 1. The summed E-state index contributed by atoms with van der Waals surface area (Å²) in [7, 11) is 0. The average Bonchev–Trinajstić information content (AvgIpc) is 3.39. The standard InChI is InChI=1S/C20H21N5O2S2/c1-14-6-8-16(9-7-14)25(11-4-10-21)18(26)15(2)28-20-24-23-19(29-20)22-13-17-5-3-12-27-17/h3,5-9,12,15H,4,11,13H2,1-2H3,(H,22,23). The lowest BCUT2D eigenvalue weighted by Crippen LogP contribution is -2.37. The molecule has 0 saturated carbocycles. The first-order valence-electron chi connectivity index (χ1n) is 9.08. The third-order valence-corrected chi connectivity index (χ3v) is 6.14. The summed E-state index contributed by atoms with van der Waals surface area (Å²) >= 11 is 2.76. The van der Waals surface area contributed by atoms with Crippen LogP contribution in [-0.2, 0) is 11.3 Å². The smallest absolute Gasteiger partial charge is 0.240 e. The second kappa shape index (κ2) is 10.1. The van der Waals surface area contributed by atoms with Gasteiger partial charge in [-0.1, -0.05) is 40.8 Å². The van der Waals surface area contributed by atoms with Gasteiger partial charge in [-0.05, 0) is 38.1 Å². The van der Waals surface area contributed by atoms with Crippen molar-refractivity contribution in [2.24, 2.45) is 0 Å². The van der Waals surface area contributed by atoms with Crippen LogP contribution < -0.4 is 10.2 Å². The first kappa shape index (κ1) is 20.9. The molecule has 0 aliphatic carbocycles. The minimum atomic E-state index is -0.360. The van der Waals surface area contributed by atoms with E-state index in [1.54, 1.807) is 11.2 Å². The fraction of sp³-hybridized carbons (Fsp3) is 0.300. The molecule has 1 unspecified atom stereocenters. The van der Waals surface area contributed by atoms with Gasteiger partial charge in [0.05, 0.1) is 30.5 Å². The zero-order chi connectivity index (χ0) is 20.6. The van der Waals surface area contributed by atoms with E-state index in [2.05, 4.69) is 21.6 Å². The monoisotopic (exact) mass is 427 g/mol. The Bertz CT molecular complexity index is 964. The second-order valence-corrected chi connectivity index (χ2v) is 8.87. The molecule has 2 aromatic heterocycles. The summed E-state index contributed by atoms with van der Waals surface area (Å²) in [6.45, 7) is 4.72. The quantitative estimate of drug-likeness (QED) is 0.503. The maximum atomic E-state index is 13.1. The minimum Gasteiger partial charge on any atom is -0.467 e. The predicted octanol–water partition coefficient (Wildman–Crippen LogP) is 4.48. The van der Waals surface area contributed by atoms with Gasteiger partial charge in [0.2, 0.25) is 11.0 Å². The topological polar surface area (TPSA) is 95.0 Å². The van der Waals surface area contributed by atoms with Crippen LogP contribution in [0, 0.1) is 18.3 Å². The van der Waals surface area contributed by atoms with E-state index in [1.165, 1.54) is 23.1 Å². The van der Waals surface area contributed by atoms with Crippen molar-refractivity contribution in [2.75, 3.05) is 16.8 Å². The van der Waals surface area contributed by atoms with Gasteiger partial charge in [-0.2, -0.15) is 5.26 Å². The number of hydrogen-bond donors (Lipinski definition) is 1. The van der Waals surface area contributed by atoms with Crippen molar-refractivity contribution >= 4 is 39.8 Å². The molecule has 1 aromatic carbocycles. The van der Waals surface area contributed by atoms with E-state index < -0.39 is 0 Å². The lowest BCUT2D eigenvalue weighted by atomic mass is 10.2. The molecule has 1 N–H and O–H groups in total. The van der Waals surface area contributed by atoms with E-state index in [-0.39, 0.29) is 17.6 Å². The molecule has 3 aromatic rings. The highest BCUT2D eigenvalue weighted by atomic mass is 32.2. The molecule has 0 aliphatic rings. The third-order valence-electron chi connectivity index (χ3n) is 4.08. The average molecular weight is 428 g/mol. The lowest BCUT2D eigenvalue weighted by Gasteiger charge is -2.24. The second-order valence-electron chi connectivity index (χ2n) is 6.30. The third kappa shape index (κ3) is 5.82. The summed E-state index contributed by atoms with van der Waals surface area (Å²) in [5.74, 6) is 0.749. The van der Waals surface area contributed by atoms with Crippen LogP contribution in [0.2, 0.25) is 0 Å². The van der Waals surface area contributed by atoms with Crippen molar-refractivity contribution in [2.45, 2.75) is 36.4 Å². The zero-order valence-electron chi connectivity index (χ0n) is 16.2. The normalized spacial score (nSPS) is 11.6. The largest absolute Gasteiger partial charge is 0.467 e. The summed E-state index contributed by atoms with van der Waals surface area (Å²) in [4.78, 5) is 14.7. The van der Waals surface area contributed by atoms with Gasteiger partial charge in [0.1, 0.15) is 5.76 Å². The lowest BCUT2D eigenvalue weighted by molar-refractivity contribution is -0.117. The van der Waals surface area contributed by atoms with Crippen molar-refractivity contribution in [3.05, 3.63) is 54.0 Å². The number of furan rings is 1. The number of amides is 1. The Morgan fingerprint density at radius 3 is 2.83 bits per heavy atom. The van der Waals surface area contributed by atoms with Gasteiger partial charge in [0, 0.05) is 12.2 Å². The van der Waals surface area contributed by atoms with Crippen LogP contribution in [-0.4, -0.2) is 27.9 Å². The first-order valence-corrected chi connectivity index (χ1v) is 10.8. The number of benzene rings is 1. The maximum absolute atomic E-state index is 13.1. The molecule has 0 saturated heterocycles. The molecule has 0 fully saturated rings. The summed E-state index contributed by atoms with van der Waals surface area (Å²) in [6.07, 6.45) is 1.90. The highest BCUT2D eigenvalue weighted by molar-refractivity contribution is 8.02. The number of aryl methyl sites for hydroxylation is 1. The highest BCUT2D eigenvalue weighted by Gasteiger charge is 2.24. The number of thioether (sulfide) groups is 1. The zero-order valence-corrected chi connectivity index (χ0v) is 17.8. The number of anilines is 2. The molecule has 0 spiro atoms. The Balaban J connectivity index is 1.63. The van der Waals surface area contributed by atoms with Crippen LogP contribution in [0.15, 0.2) is 51.4 Å². The van der Waals surface area contributed by atoms with Crippen molar-refractivity contribution in [1.29, 1.82) is 5.26 Å². The predicted molar refractivity (Wildman–Crippen MR) is 115 cm³/mol. The number of hydrogen-bond acceptors (Lipinski definition) is 8. The fourth-order valence-electron chi connectivity index (χ4n) is 2.58. The van der Waals surface area contributed by atoms with Crippen LogP contribution in [0.4, 0.5) is 10.8 Å². The van der Waals surface area contributed by atoms with Crippen molar-refractivity contribution in [1.82, 2.24) is 10.2 Å². The number of aromatic nitrogens is 2. The van der Waals surface area contributed by atoms with Crippen molar-refractivity contribution < 1.29 is 9.21 Å². The number of carbonyl (C=O) groups is 1. The van der Waals surface area contributed by atoms with Crippen LogP contribution >= 0.6 is 23.1 Å². The summed E-state index contributed by atoms with van der Waals surface area (Å²) in [5, 5.41) is 20.7. The SMILES string of the molecule is Cc1ccc(N(CCC#N)C(=O)C(C)Sc2nnc(NCc3ccco3)s2)cc1. The highest BCUT2D eigenvalue weighted by Crippen LogP contribution is 2.31. The van der Waals surface area contributed by atoms with Crippen molar-refractivity contribution in [3.63, 3.8) is 0 Å². The Morgan fingerprint density at radius 1 is 1.34 bits per heavy atom. The van der Waals surface area contributed by atoms with Crippen LogP contribution in [0.3, 0.4) is 0 Å². The molecule has 29 heavy (non-hydrogen) atoms. The molecular formula is C20H21N5O2S2. The van der Waals surface area contributed by atoms with Gasteiger partial charge in [-0.3, -0.25) is 4.79 Å². The Labute approximate surface area is 177 Å². The number of nitrogens with one attached hydrogen (secondary N) is 1. The van der Waals surface area contributed by atoms with Gasteiger partial charge in [-0.25, -0.2) is 0 Å². The summed E-state index contributed by atoms with van der Waals surface area (Å²) in [6, 6.07) is 13.6. The molecule has 1 amide bonds. The molecule has 0 radical (unpaired) electrons. The van der Waals surface area contributed by atoms with Gasteiger partial charge < -0.3 is 14.6 Å². The maximum Gasteiger partial charge on any atom is 0.240 e. The van der Waals surface area contributed by atoms with Gasteiger partial charge >= 0.3 is 0 Å². The minimum absolute atomic E-state index is 0.0607. The summed E-state index contributed by atoms with van der Waals surface area (Å²) < 4.78 is 5.99. The molecule has 0 aliphatic heterocycles.